The average molecular weight is 512 g/mol. The van der Waals surface area contributed by atoms with Crippen LogP contribution < -0.4 is 10.1 Å². The van der Waals surface area contributed by atoms with Crippen LogP contribution in [0, 0.1) is 0 Å². The van der Waals surface area contributed by atoms with Gasteiger partial charge >= 0.3 is 11.9 Å². The quantitative estimate of drug-likeness (QED) is 0.273. The van der Waals surface area contributed by atoms with E-state index >= 15 is 0 Å². The second-order valence-electron chi connectivity index (χ2n) is 8.34. The van der Waals surface area contributed by atoms with E-state index < -0.39 is 18.0 Å². The lowest BCUT2D eigenvalue weighted by Gasteiger charge is -2.33. The zero-order valence-electron chi connectivity index (χ0n) is 20.2. The number of β-amino-alcohol motifs (C(OH)–C–C–N with tert-alkyl or cyclic N) is 1. The molecule has 1 atom stereocenters. The third kappa shape index (κ3) is 8.16. The maximum absolute atomic E-state index is 12.1. The predicted molar refractivity (Wildman–Crippen MR) is 134 cm³/mol. The summed E-state index contributed by atoms with van der Waals surface area (Å²) in [5, 5.41) is 29.6. The van der Waals surface area contributed by atoms with E-state index in [9.17, 15) is 9.90 Å². The topological polar surface area (TPSA) is 162 Å². The molecule has 0 spiro atoms. The number of amides is 1. The van der Waals surface area contributed by atoms with Gasteiger partial charge in [0.15, 0.2) is 0 Å². The molecule has 11 heteroatoms. The van der Waals surface area contributed by atoms with Crippen LogP contribution in [0.5, 0.6) is 5.75 Å². The highest BCUT2D eigenvalue weighted by Crippen LogP contribution is 2.27. The van der Waals surface area contributed by atoms with Crippen molar-refractivity contribution in [2.75, 3.05) is 26.7 Å². The van der Waals surface area contributed by atoms with Crippen molar-refractivity contribution < 1.29 is 38.9 Å². The van der Waals surface area contributed by atoms with Crippen LogP contribution in [0.15, 0.2) is 59.4 Å². The summed E-state index contributed by atoms with van der Waals surface area (Å²) in [6.07, 6.45) is 7.53. The van der Waals surface area contributed by atoms with Crippen LogP contribution in [0.3, 0.4) is 0 Å². The van der Waals surface area contributed by atoms with Crippen molar-refractivity contribution in [2.45, 2.75) is 25.0 Å². The second kappa shape index (κ2) is 13.2. The minimum atomic E-state index is -1.82. The number of fused-ring (bicyclic) bond motifs is 1. The summed E-state index contributed by atoms with van der Waals surface area (Å²) >= 11 is 0. The Bertz CT molecular complexity index is 1220. The molecule has 0 radical (unpaired) electrons. The summed E-state index contributed by atoms with van der Waals surface area (Å²) in [4.78, 5) is 36.9. The van der Waals surface area contributed by atoms with Crippen LogP contribution in [-0.4, -0.2) is 75.8 Å². The monoisotopic (exact) mass is 511 g/mol. The minimum absolute atomic E-state index is 0.118. The van der Waals surface area contributed by atoms with Crippen molar-refractivity contribution in [3.63, 3.8) is 0 Å². The standard InChI is InChI=1S/C24H27N3O4.C2H2O4/c1-30-19-4-6-22-21(15-19)20(8-11-25-22)23(28)16-27-12-9-17(10-13-27)26-24(29)7-5-18-3-2-14-31-18;3-1(4)2(5)6/h2-8,11,14-15,17,23,28H,9-10,12-13,16H2,1H3,(H,26,29);(H,3,4)(H,5,6). The van der Waals surface area contributed by atoms with Gasteiger partial charge in [0.05, 0.1) is 25.0 Å². The first kappa shape index (κ1) is 27.4. The van der Waals surface area contributed by atoms with E-state index in [2.05, 4.69) is 15.2 Å². The van der Waals surface area contributed by atoms with E-state index in [0.29, 0.717) is 12.3 Å². The zero-order valence-corrected chi connectivity index (χ0v) is 20.2. The lowest BCUT2D eigenvalue weighted by molar-refractivity contribution is -0.159. The highest BCUT2D eigenvalue weighted by atomic mass is 16.5. The summed E-state index contributed by atoms with van der Waals surface area (Å²) in [6, 6.07) is 11.3. The molecule has 3 aromatic rings. The Balaban J connectivity index is 0.000000568. The van der Waals surface area contributed by atoms with Gasteiger partial charge in [-0.05, 0) is 60.9 Å². The number of carbonyl (C=O) groups is 3. The van der Waals surface area contributed by atoms with Crippen LogP contribution in [-0.2, 0) is 14.4 Å². The number of ether oxygens (including phenoxy) is 1. The Labute approximate surface area is 213 Å². The third-order valence-electron chi connectivity index (χ3n) is 5.83. The normalized spacial score (nSPS) is 15.1. The zero-order chi connectivity index (χ0) is 26.8. The number of pyridine rings is 1. The van der Waals surface area contributed by atoms with Gasteiger partial charge in [0.2, 0.25) is 5.91 Å². The number of aliphatic carboxylic acids is 2. The van der Waals surface area contributed by atoms with Crippen LogP contribution in [0.25, 0.3) is 17.0 Å². The number of furan rings is 1. The molecule has 1 saturated heterocycles. The molecule has 1 amide bonds. The number of aliphatic hydroxyl groups excluding tert-OH is 1. The molecule has 4 N–H and O–H groups in total. The Morgan fingerprint density at radius 3 is 2.54 bits per heavy atom. The smallest absolute Gasteiger partial charge is 0.414 e. The predicted octanol–water partition coefficient (Wildman–Crippen LogP) is 2.32. The first-order valence-electron chi connectivity index (χ1n) is 11.6. The van der Waals surface area contributed by atoms with Crippen LogP contribution in [0.1, 0.15) is 30.3 Å². The number of carbonyl (C=O) groups excluding carboxylic acids is 1. The molecule has 0 aliphatic carbocycles. The summed E-state index contributed by atoms with van der Waals surface area (Å²) in [5.41, 5.74) is 1.68. The van der Waals surface area contributed by atoms with Crippen molar-refractivity contribution in [3.8, 4) is 5.75 Å². The van der Waals surface area contributed by atoms with Crippen molar-refractivity contribution in [2.24, 2.45) is 0 Å². The van der Waals surface area contributed by atoms with Crippen molar-refractivity contribution in [1.82, 2.24) is 15.2 Å². The van der Waals surface area contributed by atoms with Gasteiger partial charge in [0.1, 0.15) is 11.5 Å². The summed E-state index contributed by atoms with van der Waals surface area (Å²) in [5.74, 6) is -2.37. The molecule has 0 bridgehead atoms. The number of rotatable bonds is 7. The summed E-state index contributed by atoms with van der Waals surface area (Å²) < 4.78 is 10.5. The van der Waals surface area contributed by atoms with Crippen molar-refractivity contribution >= 4 is 34.8 Å². The van der Waals surface area contributed by atoms with Crippen molar-refractivity contribution in [3.05, 3.63) is 66.3 Å². The molecule has 4 rings (SSSR count). The van der Waals surface area contributed by atoms with Crippen LogP contribution >= 0.6 is 0 Å². The van der Waals surface area contributed by atoms with E-state index in [1.54, 1.807) is 37.8 Å². The van der Waals surface area contributed by atoms with E-state index in [-0.39, 0.29) is 11.9 Å². The number of nitrogens with one attached hydrogen (secondary N) is 1. The van der Waals surface area contributed by atoms with Gasteiger partial charge < -0.3 is 34.7 Å². The molecule has 1 unspecified atom stereocenters. The summed E-state index contributed by atoms with van der Waals surface area (Å²) in [7, 11) is 1.63. The molecule has 1 fully saturated rings. The molecule has 2 aromatic heterocycles. The molecular weight excluding hydrogens is 482 g/mol. The first-order valence-corrected chi connectivity index (χ1v) is 11.6. The van der Waals surface area contributed by atoms with E-state index in [4.69, 9.17) is 29.0 Å². The molecule has 1 aliphatic heterocycles. The largest absolute Gasteiger partial charge is 0.497 e. The molecule has 196 valence electrons. The number of likely N-dealkylation sites (tertiary alicyclic amines) is 1. The fourth-order valence-electron chi connectivity index (χ4n) is 3.96. The second-order valence-corrected chi connectivity index (χ2v) is 8.34. The van der Waals surface area contributed by atoms with Gasteiger partial charge in [-0.3, -0.25) is 9.78 Å². The molecule has 1 aromatic carbocycles. The van der Waals surface area contributed by atoms with Gasteiger partial charge in [-0.15, -0.1) is 0 Å². The summed E-state index contributed by atoms with van der Waals surface area (Å²) in [6.45, 7) is 2.17. The maximum Gasteiger partial charge on any atom is 0.414 e. The lowest BCUT2D eigenvalue weighted by Crippen LogP contribution is -2.45. The molecule has 37 heavy (non-hydrogen) atoms. The number of aromatic nitrogens is 1. The van der Waals surface area contributed by atoms with Crippen LogP contribution in [0.2, 0.25) is 0 Å². The number of aliphatic hydroxyl groups is 1. The molecule has 0 saturated carbocycles. The molecule has 1 aliphatic rings. The fraction of sp³-hybridized carbons (Fsp3) is 0.308. The molecular formula is C26H29N3O8. The Morgan fingerprint density at radius 1 is 1.19 bits per heavy atom. The van der Waals surface area contributed by atoms with Gasteiger partial charge in [0.25, 0.3) is 0 Å². The third-order valence-corrected chi connectivity index (χ3v) is 5.83. The maximum atomic E-state index is 12.1. The number of benzene rings is 1. The van der Waals surface area contributed by atoms with Crippen molar-refractivity contribution in [1.29, 1.82) is 0 Å². The highest BCUT2D eigenvalue weighted by Gasteiger charge is 2.23. The SMILES string of the molecule is COc1ccc2nccc(C(O)CN3CCC(NC(=O)C=Cc4ccco4)CC3)c2c1.O=C(O)C(=O)O. The Morgan fingerprint density at radius 2 is 1.92 bits per heavy atom. The van der Waals surface area contributed by atoms with Crippen LogP contribution in [0.4, 0.5) is 0 Å². The Hall–Kier alpha value is -4.22. The first-order chi connectivity index (χ1) is 17.8. The van der Waals surface area contributed by atoms with Gasteiger partial charge in [-0.1, -0.05) is 0 Å². The van der Waals surface area contributed by atoms with Gasteiger partial charge in [-0.2, -0.15) is 0 Å². The van der Waals surface area contributed by atoms with E-state index in [0.717, 1.165) is 48.1 Å². The van der Waals surface area contributed by atoms with Gasteiger partial charge in [-0.25, -0.2) is 9.59 Å². The van der Waals surface area contributed by atoms with E-state index in [1.807, 2.05) is 24.3 Å². The number of hydrogen-bond acceptors (Lipinski definition) is 8. The van der Waals surface area contributed by atoms with Gasteiger partial charge in [0, 0.05) is 43.3 Å². The Kier molecular flexibility index (Phi) is 9.76. The number of carboxylic acids is 2. The van der Waals surface area contributed by atoms with E-state index in [1.165, 1.54) is 6.08 Å². The average Bonchev–Trinajstić information content (AvgIpc) is 3.42. The fourth-order valence-corrected chi connectivity index (χ4v) is 3.96. The number of carboxylic acid groups (broad SMARTS) is 2. The number of methoxy groups -OCH3 is 1. The molecule has 11 nitrogen and oxygen atoms in total. The number of hydrogen-bond donors (Lipinski definition) is 4. The highest BCUT2D eigenvalue weighted by molar-refractivity contribution is 6.27. The minimum Gasteiger partial charge on any atom is -0.497 e. The molecule has 3 heterocycles. The number of nitrogens with zero attached hydrogens (tertiary/aromatic N) is 2. The lowest BCUT2D eigenvalue weighted by atomic mass is 10.0. The number of piperidine rings is 1.